The number of carbonyl (C=O) groups excluding carboxylic acids is 1. The minimum absolute atomic E-state index is 0.168. The highest BCUT2D eigenvalue weighted by molar-refractivity contribution is 6.34. The molecule has 14 heavy (non-hydrogen) atoms. The van der Waals surface area contributed by atoms with E-state index in [1.165, 1.54) is 23.4 Å². The van der Waals surface area contributed by atoms with Crippen molar-refractivity contribution in [2.75, 3.05) is 5.01 Å². The van der Waals surface area contributed by atoms with Crippen LogP contribution in [0.2, 0.25) is 5.02 Å². The molecule has 0 aliphatic carbocycles. The number of benzene rings is 1. The maximum Gasteiger partial charge on any atom is 0.252 e. The predicted octanol–water partition coefficient (Wildman–Crippen LogP) is 2.20. The van der Waals surface area contributed by atoms with E-state index in [2.05, 4.69) is 5.10 Å². The van der Waals surface area contributed by atoms with Crippen molar-refractivity contribution in [3.63, 3.8) is 0 Å². The molecule has 1 aliphatic rings. The average Bonchev–Trinajstić information content (AvgIpc) is 2.52. The van der Waals surface area contributed by atoms with Gasteiger partial charge in [0, 0.05) is 6.21 Å². The molecular formula is C9H6ClFN2O. The number of halogens is 2. The molecule has 0 bridgehead atoms. The van der Waals surface area contributed by atoms with Gasteiger partial charge >= 0.3 is 0 Å². The Labute approximate surface area is 84.8 Å². The molecule has 0 atom stereocenters. The van der Waals surface area contributed by atoms with Gasteiger partial charge in [0.1, 0.15) is 5.82 Å². The van der Waals surface area contributed by atoms with Crippen LogP contribution in [0.25, 0.3) is 0 Å². The summed E-state index contributed by atoms with van der Waals surface area (Å²) < 4.78 is 12.7. The molecule has 0 saturated heterocycles. The summed E-state index contributed by atoms with van der Waals surface area (Å²) in [5.41, 5.74) is 0.409. The van der Waals surface area contributed by atoms with Crippen molar-refractivity contribution < 1.29 is 9.18 Å². The van der Waals surface area contributed by atoms with Gasteiger partial charge in [0.05, 0.1) is 17.1 Å². The van der Waals surface area contributed by atoms with E-state index in [1.807, 2.05) is 0 Å². The Morgan fingerprint density at radius 1 is 1.50 bits per heavy atom. The van der Waals surface area contributed by atoms with Crippen LogP contribution in [-0.4, -0.2) is 12.1 Å². The van der Waals surface area contributed by atoms with Crippen molar-refractivity contribution in [1.82, 2.24) is 0 Å². The molecule has 0 N–H and O–H groups in total. The third kappa shape index (κ3) is 1.48. The molecule has 3 nitrogen and oxygen atoms in total. The number of nitrogens with zero attached hydrogens (tertiary/aromatic N) is 2. The van der Waals surface area contributed by atoms with Gasteiger partial charge in [-0.1, -0.05) is 11.6 Å². The van der Waals surface area contributed by atoms with E-state index in [1.54, 1.807) is 0 Å². The maximum atomic E-state index is 12.7. The lowest BCUT2D eigenvalue weighted by atomic mass is 10.3. The summed E-state index contributed by atoms with van der Waals surface area (Å²) in [5.74, 6) is -0.604. The molecule has 1 aromatic rings. The Hall–Kier alpha value is -1.42. The second-order valence-corrected chi connectivity index (χ2v) is 3.21. The first-order chi connectivity index (χ1) is 6.68. The van der Waals surface area contributed by atoms with Crippen LogP contribution in [0.15, 0.2) is 23.3 Å². The molecule has 0 unspecified atom stereocenters. The molecular weight excluding hydrogens is 207 g/mol. The molecule has 1 aliphatic heterocycles. The van der Waals surface area contributed by atoms with Crippen LogP contribution in [0.1, 0.15) is 6.42 Å². The van der Waals surface area contributed by atoms with E-state index in [4.69, 9.17) is 11.6 Å². The highest BCUT2D eigenvalue weighted by Gasteiger charge is 2.20. The first-order valence-electron chi connectivity index (χ1n) is 3.99. The fraction of sp³-hybridized carbons (Fsp3) is 0.111. The SMILES string of the molecule is O=C1CC=NN1c1ccc(F)cc1Cl. The Bertz CT molecular complexity index is 419. The van der Waals surface area contributed by atoms with Crippen LogP contribution in [0.3, 0.4) is 0 Å². The van der Waals surface area contributed by atoms with Gasteiger partial charge in [0.15, 0.2) is 0 Å². The first kappa shape index (κ1) is 9.15. The Balaban J connectivity index is 2.41. The second-order valence-electron chi connectivity index (χ2n) is 2.80. The van der Waals surface area contributed by atoms with Crippen molar-refractivity contribution in [1.29, 1.82) is 0 Å². The van der Waals surface area contributed by atoms with E-state index >= 15 is 0 Å². The van der Waals surface area contributed by atoms with Crippen LogP contribution in [0, 0.1) is 5.82 Å². The Kier molecular flexibility index (Phi) is 2.21. The summed E-state index contributed by atoms with van der Waals surface area (Å²) in [6.45, 7) is 0. The van der Waals surface area contributed by atoms with Gasteiger partial charge in [-0.15, -0.1) is 0 Å². The highest BCUT2D eigenvalue weighted by atomic mass is 35.5. The van der Waals surface area contributed by atoms with Crippen LogP contribution in [0.5, 0.6) is 0 Å². The molecule has 1 heterocycles. The minimum atomic E-state index is -0.436. The lowest BCUT2D eigenvalue weighted by molar-refractivity contribution is -0.116. The summed E-state index contributed by atoms with van der Waals surface area (Å²) in [6.07, 6.45) is 1.75. The minimum Gasteiger partial charge on any atom is -0.272 e. The molecule has 5 heteroatoms. The van der Waals surface area contributed by atoms with Crippen LogP contribution < -0.4 is 5.01 Å². The van der Waals surface area contributed by atoms with Crippen molar-refractivity contribution in [2.45, 2.75) is 6.42 Å². The molecule has 0 saturated carbocycles. The van der Waals surface area contributed by atoms with Crippen LogP contribution >= 0.6 is 11.6 Å². The predicted molar refractivity (Wildman–Crippen MR) is 52.0 cm³/mol. The number of amides is 1. The zero-order valence-electron chi connectivity index (χ0n) is 7.08. The van der Waals surface area contributed by atoms with Crippen molar-refractivity contribution in [3.05, 3.63) is 29.0 Å². The standard InChI is InChI=1S/C9H6ClFN2O/c10-7-5-6(11)1-2-8(7)13-9(14)3-4-12-13/h1-2,4-5H,3H2. The van der Waals surface area contributed by atoms with Gasteiger partial charge in [0.25, 0.3) is 5.91 Å². The normalized spacial score (nSPS) is 15.3. The zero-order chi connectivity index (χ0) is 10.1. The number of rotatable bonds is 1. The fourth-order valence-electron chi connectivity index (χ4n) is 1.20. The molecule has 72 valence electrons. The fourth-order valence-corrected chi connectivity index (χ4v) is 1.45. The van der Waals surface area contributed by atoms with Gasteiger partial charge in [0.2, 0.25) is 0 Å². The van der Waals surface area contributed by atoms with E-state index in [0.29, 0.717) is 5.69 Å². The van der Waals surface area contributed by atoms with E-state index < -0.39 is 5.82 Å². The molecule has 1 amide bonds. The summed E-state index contributed by atoms with van der Waals surface area (Å²) >= 11 is 5.77. The Morgan fingerprint density at radius 2 is 2.29 bits per heavy atom. The third-order valence-electron chi connectivity index (χ3n) is 1.84. The van der Waals surface area contributed by atoms with Crippen LogP contribution in [-0.2, 0) is 4.79 Å². The lowest BCUT2D eigenvalue weighted by Gasteiger charge is -2.12. The summed E-state index contributed by atoms with van der Waals surface area (Å²) in [5, 5.41) is 5.18. The molecule has 0 fully saturated rings. The van der Waals surface area contributed by atoms with Crippen molar-refractivity contribution in [2.24, 2.45) is 5.10 Å². The average molecular weight is 213 g/mol. The molecule has 0 spiro atoms. The Morgan fingerprint density at radius 3 is 2.86 bits per heavy atom. The molecule has 2 rings (SSSR count). The van der Waals surface area contributed by atoms with Gasteiger partial charge in [-0.3, -0.25) is 4.79 Å². The molecule has 0 aromatic heterocycles. The van der Waals surface area contributed by atoms with Crippen molar-refractivity contribution >= 4 is 29.4 Å². The van der Waals surface area contributed by atoms with Crippen molar-refractivity contribution in [3.8, 4) is 0 Å². The van der Waals surface area contributed by atoms with Gasteiger partial charge in [-0.05, 0) is 18.2 Å². The van der Waals surface area contributed by atoms with E-state index in [9.17, 15) is 9.18 Å². The number of carbonyl (C=O) groups is 1. The summed E-state index contributed by atoms with van der Waals surface area (Å²) in [7, 11) is 0. The number of hydrazone groups is 1. The quantitative estimate of drug-likeness (QED) is 0.703. The van der Waals surface area contributed by atoms with Gasteiger partial charge in [-0.25, -0.2) is 4.39 Å². The third-order valence-corrected chi connectivity index (χ3v) is 2.14. The smallest absolute Gasteiger partial charge is 0.252 e. The topological polar surface area (TPSA) is 32.7 Å². The monoisotopic (exact) mass is 212 g/mol. The lowest BCUT2D eigenvalue weighted by Crippen LogP contribution is -2.19. The van der Waals surface area contributed by atoms with E-state index in [0.717, 1.165) is 6.07 Å². The maximum absolute atomic E-state index is 12.7. The zero-order valence-corrected chi connectivity index (χ0v) is 7.83. The second kappa shape index (κ2) is 3.38. The van der Waals surface area contributed by atoms with E-state index in [-0.39, 0.29) is 17.4 Å². The number of hydrogen-bond acceptors (Lipinski definition) is 2. The summed E-state index contributed by atoms with van der Waals surface area (Å²) in [6, 6.07) is 3.82. The largest absolute Gasteiger partial charge is 0.272 e. The first-order valence-corrected chi connectivity index (χ1v) is 4.37. The van der Waals surface area contributed by atoms with Gasteiger partial charge in [-0.2, -0.15) is 10.1 Å². The molecule has 0 radical (unpaired) electrons. The summed E-state index contributed by atoms with van der Waals surface area (Å²) in [4.78, 5) is 11.3. The van der Waals surface area contributed by atoms with Crippen LogP contribution in [0.4, 0.5) is 10.1 Å². The highest BCUT2D eigenvalue weighted by Crippen LogP contribution is 2.28. The van der Waals surface area contributed by atoms with Gasteiger partial charge < -0.3 is 0 Å². The molecule has 1 aromatic carbocycles. The number of hydrogen-bond donors (Lipinski definition) is 0. The number of anilines is 1.